The van der Waals surface area contributed by atoms with Gasteiger partial charge >= 0.3 is 0 Å². The summed E-state index contributed by atoms with van der Waals surface area (Å²) in [5, 5.41) is 30.6. The molecule has 19 heavy (non-hydrogen) atoms. The van der Waals surface area contributed by atoms with Crippen molar-refractivity contribution in [3.63, 3.8) is 0 Å². The number of aliphatic hydroxyl groups is 2. The van der Waals surface area contributed by atoms with Crippen LogP contribution in [-0.2, 0) is 0 Å². The van der Waals surface area contributed by atoms with Crippen molar-refractivity contribution in [1.29, 1.82) is 0 Å². The highest BCUT2D eigenvalue weighted by Crippen LogP contribution is 2.28. The van der Waals surface area contributed by atoms with Gasteiger partial charge < -0.3 is 26.8 Å². The molecule has 0 amide bonds. The van der Waals surface area contributed by atoms with Crippen molar-refractivity contribution in [2.45, 2.75) is 0 Å². The normalized spacial score (nSPS) is 8.95. The van der Waals surface area contributed by atoms with Gasteiger partial charge in [-0.15, -0.1) is 5.10 Å². The van der Waals surface area contributed by atoms with E-state index in [1.165, 1.54) is 18.3 Å². The molecule has 7 N–H and O–H groups in total. The largest absolute Gasteiger partial charge is 0.508 e. The molecule has 0 aliphatic carbocycles. The molecule has 0 aromatic heterocycles. The van der Waals surface area contributed by atoms with Crippen LogP contribution in [0.15, 0.2) is 22.3 Å². The topological polar surface area (TPSA) is 137 Å². The Labute approximate surface area is 120 Å². The molecule has 7 nitrogen and oxygen atoms in total. The summed E-state index contributed by atoms with van der Waals surface area (Å²) in [6.45, 7) is 0. The minimum Gasteiger partial charge on any atom is -0.508 e. The number of hydrogen-bond acceptors (Lipinski definition) is 5. The van der Waals surface area contributed by atoms with Gasteiger partial charge in [-0.25, -0.2) is 0 Å². The number of phenolic OH excluding ortho intramolecular Hbond substituents is 1. The van der Waals surface area contributed by atoms with Gasteiger partial charge in [0.15, 0.2) is 0 Å². The summed E-state index contributed by atoms with van der Waals surface area (Å²) in [6, 6.07) is 2.68. The van der Waals surface area contributed by atoms with Crippen LogP contribution in [0, 0.1) is 0 Å². The average Bonchev–Trinajstić information content (AvgIpc) is 2.37. The van der Waals surface area contributed by atoms with Crippen LogP contribution in [-0.4, -0.2) is 41.7 Å². The SMILES string of the molecule is CO.CO.NC(N)=N/N=C/c1c(Cl)cc(O)cc1Cl. The first kappa shape index (κ1) is 19.8. The standard InChI is InChI=1S/C8H8Cl2N4O.2CH4O/c9-6-1-4(15)2-7(10)5(6)3-13-14-8(11)12;2*1-2/h1-3,15H,(H4,11,12,14);2*2H,1H3/b13-3+;;. The van der Waals surface area contributed by atoms with Crippen molar-refractivity contribution in [1.82, 2.24) is 0 Å². The summed E-state index contributed by atoms with van der Waals surface area (Å²) < 4.78 is 0. The number of phenols is 1. The first-order valence-electron chi connectivity index (χ1n) is 4.70. The van der Waals surface area contributed by atoms with Crippen LogP contribution >= 0.6 is 23.2 Å². The summed E-state index contributed by atoms with van der Waals surface area (Å²) in [5.41, 5.74) is 10.6. The van der Waals surface area contributed by atoms with Crippen molar-refractivity contribution in [3.05, 3.63) is 27.7 Å². The van der Waals surface area contributed by atoms with E-state index in [2.05, 4.69) is 10.2 Å². The molecule has 0 unspecified atom stereocenters. The average molecular weight is 311 g/mol. The highest BCUT2D eigenvalue weighted by molar-refractivity contribution is 6.38. The highest BCUT2D eigenvalue weighted by atomic mass is 35.5. The lowest BCUT2D eigenvalue weighted by molar-refractivity contribution is 0.399. The zero-order chi connectivity index (χ0) is 15.4. The molecule has 0 radical (unpaired) electrons. The highest BCUT2D eigenvalue weighted by Gasteiger charge is 2.05. The zero-order valence-corrected chi connectivity index (χ0v) is 11.9. The van der Waals surface area contributed by atoms with E-state index in [9.17, 15) is 0 Å². The molecular weight excluding hydrogens is 295 g/mol. The first-order chi connectivity index (χ1) is 9.00. The quantitative estimate of drug-likeness (QED) is 0.308. The van der Waals surface area contributed by atoms with Gasteiger partial charge in [0.05, 0.1) is 16.3 Å². The van der Waals surface area contributed by atoms with Crippen LogP contribution in [0.1, 0.15) is 5.56 Å². The van der Waals surface area contributed by atoms with E-state index in [4.69, 9.17) is 50.0 Å². The predicted molar refractivity (Wildman–Crippen MR) is 77.8 cm³/mol. The fourth-order valence-corrected chi connectivity index (χ4v) is 1.42. The van der Waals surface area contributed by atoms with Gasteiger partial charge in [0.1, 0.15) is 5.75 Å². The Hall–Kier alpha value is -1.54. The van der Waals surface area contributed by atoms with Crippen LogP contribution in [0.25, 0.3) is 0 Å². The monoisotopic (exact) mass is 310 g/mol. The number of aliphatic hydroxyl groups excluding tert-OH is 2. The van der Waals surface area contributed by atoms with Crippen LogP contribution < -0.4 is 11.5 Å². The molecule has 0 atom stereocenters. The maximum Gasteiger partial charge on any atom is 0.211 e. The third kappa shape index (κ3) is 8.22. The summed E-state index contributed by atoms with van der Waals surface area (Å²) in [6.07, 6.45) is 1.30. The van der Waals surface area contributed by atoms with Gasteiger partial charge in [-0.3, -0.25) is 0 Å². The molecule has 0 saturated carbocycles. The van der Waals surface area contributed by atoms with E-state index in [0.717, 1.165) is 14.2 Å². The van der Waals surface area contributed by atoms with Gasteiger partial charge in [0, 0.05) is 19.8 Å². The molecule has 0 fully saturated rings. The smallest absolute Gasteiger partial charge is 0.211 e. The summed E-state index contributed by atoms with van der Waals surface area (Å²) in [5.74, 6) is -0.193. The fourth-order valence-electron chi connectivity index (χ4n) is 0.848. The number of guanidine groups is 1. The summed E-state index contributed by atoms with van der Waals surface area (Å²) in [7, 11) is 2.00. The first-order valence-corrected chi connectivity index (χ1v) is 5.45. The lowest BCUT2D eigenvalue weighted by atomic mass is 10.2. The van der Waals surface area contributed by atoms with E-state index < -0.39 is 0 Å². The number of hydrogen-bond donors (Lipinski definition) is 5. The second-order valence-corrected chi connectivity index (χ2v) is 3.41. The van der Waals surface area contributed by atoms with Crippen LogP contribution in [0.4, 0.5) is 0 Å². The van der Waals surface area contributed by atoms with Gasteiger partial charge in [-0.05, 0) is 12.1 Å². The van der Waals surface area contributed by atoms with Gasteiger partial charge in [0.2, 0.25) is 5.96 Å². The molecular formula is C10H16Cl2N4O3. The Bertz CT molecular complexity index is 412. The lowest BCUT2D eigenvalue weighted by Crippen LogP contribution is -2.21. The van der Waals surface area contributed by atoms with E-state index in [1.54, 1.807) is 0 Å². The summed E-state index contributed by atoms with van der Waals surface area (Å²) >= 11 is 11.6. The van der Waals surface area contributed by atoms with Crippen molar-refractivity contribution in [2.24, 2.45) is 21.7 Å². The molecule has 0 aliphatic heterocycles. The Balaban J connectivity index is 0. The second-order valence-electron chi connectivity index (χ2n) is 2.59. The van der Waals surface area contributed by atoms with Crippen molar-refractivity contribution >= 4 is 35.4 Å². The second kappa shape index (κ2) is 11.5. The fraction of sp³-hybridized carbons (Fsp3) is 0.200. The molecule has 1 aromatic carbocycles. The molecule has 108 valence electrons. The van der Waals surface area contributed by atoms with Crippen LogP contribution in [0.2, 0.25) is 10.0 Å². The number of halogens is 2. The lowest BCUT2D eigenvalue weighted by Gasteiger charge is -2.01. The van der Waals surface area contributed by atoms with E-state index >= 15 is 0 Å². The zero-order valence-electron chi connectivity index (χ0n) is 10.4. The van der Waals surface area contributed by atoms with E-state index in [1.807, 2.05) is 0 Å². The minimum atomic E-state index is -0.169. The number of nitrogens with two attached hydrogens (primary N) is 2. The third-order valence-corrected chi connectivity index (χ3v) is 2.05. The van der Waals surface area contributed by atoms with Crippen LogP contribution in [0.5, 0.6) is 5.75 Å². The minimum absolute atomic E-state index is 0.0241. The Morgan fingerprint density at radius 3 is 1.89 bits per heavy atom. The third-order valence-electron chi connectivity index (χ3n) is 1.42. The molecule has 1 rings (SSSR count). The van der Waals surface area contributed by atoms with Gasteiger partial charge in [0.25, 0.3) is 0 Å². The van der Waals surface area contributed by atoms with Crippen molar-refractivity contribution in [3.8, 4) is 5.75 Å². The molecule has 0 bridgehead atoms. The maximum absolute atomic E-state index is 9.15. The molecule has 1 aromatic rings. The van der Waals surface area contributed by atoms with Crippen molar-refractivity contribution in [2.75, 3.05) is 14.2 Å². The number of aromatic hydroxyl groups is 1. The Kier molecular flexibility index (Phi) is 12.0. The molecule has 0 heterocycles. The molecule has 9 heteroatoms. The predicted octanol–water partition coefficient (Wildman–Crippen LogP) is 0.523. The van der Waals surface area contributed by atoms with E-state index in [-0.39, 0.29) is 21.8 Å². The molecule has 0 aliphatic rings. The number of nitrogens with zero attached hydrogens (tertiary/aromatic N) is 2. The summed E-state index contributed by atoms with van der Waals surface area (Å²) in [4.78, 5) is 0. The molecule has 0 spiro atoms. The van der Waals surface area contributed by atoms with Crippen LogP contribution in [0.3, 0.4) is 0 Å². The Morgan fingerprint density at radius 2 is 1.53 bits per heavy atom. The van der Waals surface area contributed by atoms with E-state index in [0.29, 0.717) is 5.56 Å². The van der Waals surface area contributed by atoms with Gasteiger partial charge in [-0.2, -0.15) is 5.10 Å². The van der Waals surface area contributed by atoms with Crippen molar-refractivity contribution < 1.29 is 15.3 Å². The Morgan fingerprint density at radius 1 is 1.11 bits per heavy atom. The number of benzene rings is 1. The van der Waals surface area contributed by atoms with Gasteiger partial charge in [-0.1, -0.05) is 23.2 Å². The molecule has 0 saturated heterocycles. The number of rotatable bonds is 2. The maximum atomic E-state index is 9.15.